The standard InChI is InChI=1S/C24H18N2O6/c1-30-17-6-2-4-14(10-17)22(27)20-21(15-5-3-9-25-12-15)26(24(29)23(20)28)16-7-8-18-19(11-16)32-13-31-18/h2-12,21,27H,13H2,1H3/b22-20+. The van der Waals surface area contributed by atoms with Crippen LogP contribution < -0.4 is 19.1 Å². The lowest BCUT2D eigenvalue weighted by atomic mass is 9.96. The summed E-state index contributed by atoms with van der Waals surface area (Å²) in [6.07, 6.45) is 3.16. The van der Waals surface area contributed by atoms with Crippen LogP contribution in [-0.4, -0.2) is 35.7 Å². The number of carbonyl (C=O) groups is 2. The molecule has 3 aromatic rings. The van der Waals surface area contributed by atoms with Crippen LogP contribution in [-0.2, 0) is 9.59 Å². The molecule has 5 rings (SSSR count). The highest BCUT2D eigenvalue weighted by Gasteiger charge is 2.47. The number of pyridine rings is 1. The number of anilines is 1. The second kappa shape index (κ2) is 7.73. The Balaban J connectivity index is 1.70. The monoisotopic (exact) mass is 430 g/mol. The van der Waals surface area contributed by atoms with Gasteiger partial charge in [-0.25, -0.2) is 0 Å². The molecule has 0 aliphatic carbocycles. The summed E-state index contributed by atoms with van der Waals surface area (Å²) in [4.78, 5) is 31.8. The van der Waals surface area contributed by atoms with Gasteiger partial charge in [0.1, 0.15) is 11.5 Å². The third kappa shape index (κ3) is 3.13. The van der Waals surface area contributed by atoms with Crippen LogP contribution in [0.2, 0.25) is 0 Å². The van der Waals surface area contributed by atoms with E-state index in [1.165, 1.54) is 12.0 Å². The average molecular weight is 430 g/mol. The number of benzene rings is 2. The summed E-state index contributed by atoms with van der Waals surface area (Å²) in [5, 5.41) is 11.1. The normalized spacial score (nSPS) is 18.8. The van der Waals surface area contributed by atoms with Gasteiger partial charge in [-0.3, -0.25) is 19.5 Å². The molecule has 0 saturated carbocycles. The molecule has 0 bridgehead atoms. The zero-order chi connectivity index (χ0) is 22.2. The fraction of sp³-hybridized carbons (Fsp3) is 0.125. The van der Waals surface area contributed by atoms with Crippen LogP contribution in [0.3, 0.4) is 0 Å². The smallest absolute Gasteiger partial charge is 0.300 e. The Morgan fingerprint density at radius 2 is 1.94 bits per heavy atom. The maximum absolute atomic E-state index is 13.2. The van der Waals surface area contributed by atoms with Crippen LogP contribution in [0.1, 0.15) is 17.2 Å². The van der Waals surface area contributed by atoms with E-state index in [2.05, 4.69) is 4.98 Å². The van der Waals surface area contributed by atoms with Crippen molar-refractivity contribution in [1.29, 1.82) is 0 Å². The summed E-state index contributed by atoms with van der Waals surface area (Å²) in [5.41, 5.74) is 1.35. The third-order valence-electron chi connectivity index (χ3n) is 5.42. The molecule has 0 radical (unpaired) electrons. The summed E-state index contributed by atoms with van der Waals surface area (Å²) in [5.74, 6) is -0.308. The number of Topliss-reactive ketones (excluding diaryl/α,β-unsaturated/α-hetero) is 1. The Bertz CT molecular complexity index is 1250. The first-order valence-corrected chi connectivity index (χ1v) is 9.83. The molecule has 160 valence electrons. The number of aliphatic hydroxyl groups is 1. The SMILES string of the molecule is COc1cccc(/C(O)=C2\C(=O)C(=O)N(c3ccc4c(c3)OCO4)C2c2cccnc2)c1. The van der Waals surface area contributed by atoms with Crippen molar-refractivity contribution < 1.29 is 28.9 Å². The number of ether oxygens (including phenoxy) is 3. The molecule has 2 aromatic carbocycles. The van der Waals surface area contributed by atoms with Gasteiger partial charge in [0.05, 0.1) is 18.7 Å². The number of fused-ring (bicyclic) bond motifs is 1. The van der Waals surface area contributed by atoms with Crippen LogP contribution in [0.4, 0.5) is 5.69 Å². The number of methoxy groups -OCH3 is 1. The molecule has 2 aliphatic heterocycles. The molecule has 1 aromatic heterocycles. The van der Waals surface area contributed by atoms with Gasteiger partial charge in [-0.2, -0.15) is 0 Å². The van der Waals surface area contributed by atoms with E-state index < -0.39 is 17.7 Å². The topological polar surface area (TPSA) is 98.2 Å². The van der Waals surface area contributed by atoms with Gasteiger partial charge in [-0.05, 0) is 35.9 Å². The number of rotatable bonds is 4. The highest BCUT2D eigenvalue weighted by atomic mass is 16.7. The predicted molar refractivity (Wildman–Crippen MR) is 115 cm³/mol. The summed E-state index contributed by atoms with van der Waals surface area (Å²) in [6, 6.07) is 14.2. The van der Waals surface area contributed by atoms with Gasteiger partial charge >= 0.3 is 0 Å². The van der Waals surface area contributed by atoms with E-state index >= 15 is 0 Å². The molecule has 8 nitrogen and oxygen atoms in total. The molecular formula is C24H18N2O6. The number of amides is 1. The first kappa shape index (κ1) is 19.6. The van der Waals surface area contributed by atoms with Crippen LogP contribution >= 0.6 is 0 Å². The van der Waals surface area contributed by atoms with E-state index in [1.54, 1.807) is 67.0 Å². The first-order valence-electron chi connectivity index (χ1n) is 9.83. The van der Waals surface area contributed by atoms with Crippen molar-refractivity contribution >= 4 is 23.1 Å². The fourth-order valence-electron chi connectivity index (χ4n) is 3.91. The maximum atomic E-state index is 13.2. The molecule has 8 heteroatoms. The molecule has 2 aliphatic rings. The van der Waals surface area contributed by atoms with Crippen LogP contribution in [0.15, 0.2) is 72.6 Å². The number of nitrogens with zero attached hydrogens (tertiary/aromatic N) is 2. The number of ketones is 1. The molecule has 1 saturated heterocycles. The van der Waals surface area contributed by atoms with Gasteiger partial charge in [0.2, 0.25) is 6.79 Å². The zero-order valence-electron chi connectivity index (χ0n) is 17.0. The lowest BCUT2D eigenvalue weighted by Gasteiger charge is -2.25. The van der Waals surface area contributed by atoms with Crippen molar-refractivity contribution in [3.63, 3.8) is 0 Å². The molecule has 1 N–H and O–H groups in total. The van der Waals surface area contributed by atoms with Crippen molar-refractivity contribution in [3.05, 3.63) is 83.7 Å². The quantitative estimate of drug-likeness (QED) is 0.385. The molecule has 1 fully saturated rings. The molecular weight excluding hydrogens is 412 g/mol. The molecule has 0 spiro atoms. The van der Waals surface area contributed by atoms with Gasteiger partial charge in [-0.15, -0.1) is 0 Å². The third-order valence-corrected chi connectivity index (χ3v) is 5.42. The van der Waals surface area contributed by atoms with Crippen LogP contribution in [0.25, 0.3) is 5.76 Å². The van der Waals surface area contributed by atoms with E-state index in [1.807, 2.05) is 0 Å². The summed E-state index contributed by atoms with van der Waals surface area (Å²) in [6.45, 7) is 0.0828. The van der Waals surface area contributed by atoms with Crippen molar-refractivity contribution in [2.45, 2.75) is 6.04 Å². The summed E-state index contributed by atoms with van der Waals surface area (Å²) >= 11 is 0. The molecule has 3 heterocycles. The van der Waals surface area contributed by atoms with Crippen LogP contribution in [0, 0.1) is 0 Å². The van der Waals surface area contributed by atoms with Crippen molar-refractivity contribution in [1.82, 2.24) is 4.98 Å². The number of hydrogen-bond donors (Lipinski definition) is 1. The summed E-state index contributed by atoms with van der Waals surface area (Å²) in [7, 11) is 1.51. The van der Waals surface area contributed by atoms with E-state index in [0.29, 0.717) is 34.1 Å². The Morgan fingerprint density at radius 3 is 2.72 bits per heavy atom. The van der Waals surface area contributed by atoms with E-state index in [9.17, 15) is 14.7 Å². The first-order chi connectivity index (χ1) is 15.6. The zero-order valence-corrected chi connectivity index (χ0v) is 17.0. The second-order valence-electron chi connectivity index (χ2n) is 7.22. The molecule has 1 unspecified atom stereocenters. The van der Waals surface area contributed by atoms with Gasteiger partial charge < -0.3 is 19.3 Å². The number of carbonyl (C=O) groups excluding carboxylic acids is 2. The van der Waals surface area contributed by atoms with Crippen LogP contribution in [0.5, 0.6) is 17.2 Å². The minimum absolute atomic E-state index is 0.0334. The second-order valence-corrected chi connectivity index (χ2v) is 7.22. The highest BCUT2D eigenvalue weighted by Crippen LogP contribution is 2.44. The minimum Gasteiger partial charge on any atom is -0.507 e. The summed E-state index contributed by atoms with van der Waals surface area (Å²) < 4.78 is 16.0. The number of aromatic nitrogens is 1. The van der Waals surface area contributed by atoms with E-state index in [0.717, 1.165) is 0 Å². The Morgan fingerprint density at radius 1 is 1.09 bits per heavy atom. The lowest BCUT2D eigenvalue weighted by Crippen LogP contribution is -2.29. The Hall–Kier alpha value is -4.33. The Labute approximate surface area is 183 Å². The predicted octanol–water partition coefficient (Wildman–Crippen LogP) is 3.45. The average Bonchev–Trinajstić information content (AvgIpc) is 3.41. The van der Waals surface area contributed by atoms with Crippen molar-refractivity contribution in [2.75, 3.05) is 18.8 Å². The van der Waals surface area contributed by atoms with Crippen molar-refractivity contribution in [3.8, 4) is 17.2 Å². The lowest BCUT2D eigenvalue weighted by molar-refractivity contribution is -0.132. The molecule has 1 amide bonds. The largest absolute Gasteiger partial charge is 0.507 e. The maximum Gasteiger partial charge on any atom is 0.300 e. The van der Waals surface area contributed by atoms with Crippen molar-refractivity contribution in [2.24, 2.45) is 0 Å². The highest BCUT2D eigenvalue weighted by molar-refractivity contribution is 6.51. The molecule has 32 heavy (non-hydrogen) atoms. The number of aliphatic hydroxyl groups excluding tert-OH is 1. The Kier molecular flexibility index (Phi) is 4.74. The van der Waals surface area contributed by atoms with Gasteiger partial charge in [0.25, 0.3) is 11.7 Å². The number of hydrogen-bond acceptors (Lipinski definition) is 7. The fourth-order valence-corrected chi connectivity index (χ4v) is 3.91. The van der Waals surface area contributed by atoms with Gasteiger partial charge in [0.15, 0.2) is 11.5 Å². The minimum atomic E-state index is -0.879. The molecule has 1 atom stereocenters. The van der Waals surface area contributed by atoms with E-state index in [-0.39, 0.29) is 18.1 Å². The van der Waals surface area contributed by atoms with E-state index in [4.69, 9.17) is 14.2 Å². The van der Waals surface area contributed by atoms with Gasteiger partial charge in [-0.1, -0.05) is 18.2 Å². The van der Waals surface area contributed by atoms with Gasteiger partial charge in [0, 0.05) is 29.7 Å².